The summed E-state index contributed by atoms with van der Waals surface area (Å²) in [6.07, 6.45) is 0.890. The van der Waals surface area contributed by atoms with Crippen molar-refractivity contribution in [2.45, 2.75) is 31.3 Å². The van der Waals surface area contributed by atoms with Crippen LogP contribution in [0.2, 0.25) is 0 Å². The van der Waals surface area contributed by atoms with Crippen LogP contribution in [0.15, 0.2) is 42.5 Å². The largest absolute Gasteiger partial charge is 0.496 e. The molecule has 0 aromatic heterocycles. The lowest BCUT2D eigenvalue weighted by Gasteiger charge is -2.38. The van der Waals surface area contributed by atoms with Crippen LogP contribution in [0.25, 0.3) is 11.1 Å². The molecule has 0 saturated carbocycles. The van der Waals surface area contributed by atoms with E-state index in [1.54, 1.807) is 21.1 Å². The third-order valence-corrected chi connectivity index (χ3v) is 5.35. The van der Waals surface area contributed by atoms with Crippen molar-refractivity contribution in [3.8, 4) is 22.6 Å². The Morgan fingerprint density at radius 2 is 1.72 bits per heavy atom. The standard InChI is InChI=1S/C22H26N2O5/c1-22(11-12-23-22)21(27)24-16(20(25)26)13-14-7-9-15(10-8-14)19-17(28-2)5-4-6-18(19)29-3/h4-10,16,23H,11-13H2,1-3H3,(H,24,27)(H,25,26)/t16-,22?/m1/s1. The summed E-state index contributed by atoms with van der Waals surface area (Å²) in [6, 6.07) is 12.1. The number of amides is 1. The number of aliphatic carboxylic acids is 1. The van der Waals surface area contributed by atoms with Crippen molar-refractivity contribution in [1.82, 2.24) is 10.6 Å². The molecule has 7 nitrogen and oxygen atoms in total. The lowest BCUT2D eigenvalue weighted by molar-refractivity contribution is -0.143. The van der Waals surface area contributed by atoms with E-state index in [0.29, 0.717) is 17.9 Å². The molecule has 0 aliphatic carbocycles. The van der Waals surface area contributed by atoms with Crippen LogP contribution >= 0.6 is 0 Å². The maximum atomic E-state index is 12.4. The molecule has 3 rings (SSSR count). The average Bonchev–Trinajstić information content (AvgIpc) is 2.71. The van der Waals surface area contributed by atoms with Crippen molar-refractivity contribution in [1.29, 1.82) is 0 Å². The number of carboxylic acids is 1. The highest BCUT2D eigenvalue weighted by atomic mass is 16.5. The van der Waals surface area contributed by atoms with Crippen LogP contribution in [0.5, 0.6) is 11.5 Å². The van der Waals surface area contributed by atoms with Gasteiger partial charge in [-0.25, -0.2) is 4.79 Å². The van der Waals surface area contributed by atoms with Crippen molar-refractivity contribution < 1.29 is 24.2 Å². The normalized spacial score (nSPS) is 19.0. The van der Waals surface area contributed by atoms with Gasteiger partial charge in [0.1, 0.15) is 17.5 Å². The van der Waals surface area contributed by atoms with E-state index in [1.165, 1.54) is 0 Å². The molecule has 2 aromatic carbocycles. The predicted molar refractivity (Wildman–Crippen MR) is 109 cm³/mol. The average molecular weight is 398 g/mol. The minimum absolute atomic E-state index is 0.195. The Morgan fingerprint density at radius 3 is 2.17 bits per heavy atom. The van der Waals surface area contributed by atoms with Crippen LogP contribution < -0.4 is 20.1 Å². The molecule has 29 heavy (non-hydrogen) atoms. The van der Waals surface area contributed by atoms with E-state index in [9.17, 15) is 14.7 Å². The van der Waals surface area contributed by atoms with Gasteiger partial charge in [-0.2, -0.15) is 0 Å². The monoisotopic (exact) mass is 398 g/mol. The molecule has 1 aliphatic heterocycles. The number of benzene rings is 2. The van der Waals surface area contributed by atoms with Gasteiger partial charge in [0, 0.05) is 6.42 Å². The van der Waals surface area contributed by atoms with Crippen molar-refractivity contribution in [2.75, 3.05) is 20.8 Å². The first-order valence-corrected chi connectivity index (χ1v) is 9.47. The SMILES string of the molecule is COc1cccc(OC)c1-c1ccc(C[C@@H](NC(=O)C2(C)CCN2)C(=O)O)cc1. The molecule has 0 radical (unpaired) electrons. The highest BCUT2D eigenvalue weighted by molar-refractivity contribution is 5.90. The molecule has 1 saturated heterocycles. The number of carbonyl (C=O) groups is 2. The lowest BCUT2D eigenvalue weighted by Crippen LogP contribution is -2.65. The van der Waals surface area contributed by atoms with E-state index in [-0.39, 0.29) is 12.3 Å². The first-order valence-electron chi connectivity index (χ1n) is 9.47. The fraction of sp³-hybridized carbons (Fsp3) is 0.364. The lowest BCUT2D eigenvalue weighted by atomic mass is 9.88. The van der Waals surface area contributed by atoms with E-state index in [4.69, 9.17) is 9.47 Å². The molecular weight excluding hydrogens is 372 g/mol. The number of ether oxygens (including phenoxy) is 2. The summed E-state index contributed by atoms with van der Waals surface area (Å²) < 4.78 is 10.9. The van der Waals surface area contributed by atoms with E-state index in [2.05, 4.69) is 10.6 Å². The van der Waals surface area contributed by atoms with Gasteiger partial charge in [-0.3, -0.25) is 4.79 Å². The fourth-order valence-electron chi connectivity index (χ4n) is 3.39. The first kappa shape index (κ1) is 20.7. The van der Waals surface area contributed by atoms with Crippen LogP contribution in [0, 0.1) is 0 Å². The quantitative estimate of drug-likeness (QED) is 0.631. The molecule has 1 amide bonds. The number of methoxy groups -OCH3 is 2. The van der Waals surface area contributed by atoms with Gasteiger partial charge < -0.3 is 25.2 Å². The summed E-state index contributed by atoms with van der Waals surface area (Å²) in [6.45, 7) is 2.54. The smallest absolute Gasteiger partial charge is 0.326 e. The summed E-state index contributed by atoms with van der Waals surface area (Å²) in [5, 5.41) is 15.2. The van der Waals surface area contributed by atoms with Crippen molar-refractivity contribution >= 4 is 11.9 Å². The summed E-state index contributed by atoms with van der Waals surface area (Å²) in [4.78, 5) is 24.0. The molecule has 1 fully saturated rings. The van der Waals surface area contributed by atoms with Crippen molar-refractivity contribution in [3.63, 3.8) is 0 Å². The highest BCUT2D eigenvalue weighted by Crippen LogP contribution is 2.38. The van der Waals surface area contributed by atoms with Gasteiger partial charge in [0.05, 0.1) is 25.3 Å². The molecule has 2 aromatic rings. The van der Waals surface area contributed by atoms with Gasteiger partial charge in [-0.05, 0) is 43.1 Å². The first-order chi connectivity index (χ1) is 13.9. The summed E-state index contributed by atoms with van der Waals surface area (Å²) >= 11 is 0. The third-order valence-electron chi connectivity index (χ3n) is 5.35. The zero-order valence-corrected chi connectivity index (χ0v) is 16.8. The second-order valence-corrected chi connectivity index (χ2v) is 7.31. The summed E-state index contributed by atoms with van der Waals surface area (Å²) in [5.41, 5.74) is 1.85. The van der Waals surface area contributed by atoms with Gasteiger partial charge in [-0.15, -0.1) is 0 Å². The van der Waals surface area contributed by atoms with Crippen LogP contribution in [-0.2, 0) is 16.0 Å². The zero-order valence-electron chi connectivity index (χ0n) is 16.8. The predicted octanol–water partition coefficient (Wildman–Crippen LogP) is 2.23. The number of carbonyl (C=O) groups excluding carboxylic acids is 1. The topological polar surface area (TPSA) is 96.9 Å². The summed E-state index contributed by atoms with van der Waals surface area (Å²) in [5.74, 6) is 0.0336. The molecule has 1 aliphatic rings. The minimum Gasteiger partial charge on any atom is -0.496 e. The van der Waals surface area contributed by atoms with Crippen LogP contribution in [-0.4, -0.2) is 49.3 Å². The van der Waals surface area contributed by atoms with Gasteiger partial charge in [0.25, 0.3) is 0 Å². The number of hydrogen-bond donors (Lipinski definition) is 3. The molecule has 2 atom stereocenters. The highest BCUT2D eigenvalue weighted by Gasteiger charge is 2.40. The Labute approximate surface area is 170 Å². The molecule has 154 valence electrons. The molecular formula is C22H26N2O5. The second-order valence-electron chi connectivity index (χ2n) is 7.31. The van der Waals surface area contributed by atoms with E-state index < -0.39 is 17.6 Å². The maximum absolute atomic E-state index is 12.4. The van der Waals surface area contributed by atoms with Crippen LogP contribution in [0.3, 0.4) is 0 Å². The fourth-order valence-corrected chi connectivity index (χ4v) is 3.39. The van der Waals surface area contributed by atoms with E-state index in [1.807, 2.05) is 42.5 Å². The maximum Gasteiger partial charge on any atom is 0.326 e. The molecule has 1 unspecified atom stereocenters. The van der Waals surface area contributed by atoms with Crippen LogP contribution in [0.1, 0.15) is 18.9 Å². The third kappa shape index (κ3) is 4.35. The zero-order chi connectivity index (χ0) is 21.0. The molecule has 0 bridgehead atoms. The minimum atomic E-state index is -1.06. The number of hydrogen-bond acceptors (Lipinski definition) is 5. The Bertz CT molecular complexity index is 868. The Morgan fingerprint density at radius 1 is 1.14 bits per heavy atom. The summed E-state index contributed by atoms with van der Waals surface area (Å²) in [7, 11) is 3.20. The molecule has 1 heterocycles. The number of rotatable bonds is 8. The number of nitrogens with one attached hydrogen (secondary N) is 2. The van der Waals surface area contributed by atoms with Gasteiger partial charge in [-0.1, -0.05) is 30.3 Å². The number of carboxylic acid groups (broad SMARTS) is 1. The van der Waals surface area contributed by atoms with E-state index >= 15 is 0 Å². The van der Waals surface area contributed by atoms with Crippen molar-refractivity contribution in [2.24, 2.45) is 0 Å². The Balaban J connectivity index is 1.77. The van der Waals surface area contributed by atoms with Crippen LogP contribution in [0.4, 0.5) is 0 Å². The molecule has 0 spiro atoms. The van der Waals surface area contributed by atoms with Gasteiger partial charge in [0.2, 0.25) is 5.91 Å². The van der Waals surface area contributed by atoms with Gasteiger partial charge >= 0.3 is 5.97 Å². The van der Waals surface area contributed by atoms with E-state index in [0.717, 1.165) is 23.2 Å². The van der Waals surface area contributed by atoms with Crippen molar-refractivity contribution in [3.05, 3.63) is 48.0 Å². The van der Waals surface area contributed by atoms with Gasteiger partial charge in [0.15, 0.2) is 0 Å². The Hall–Kier alpha value is -3.06. The Kier molecular flexibility index (Phi) is 6.08. The molecule has 3 N–H and O–H groups in total. The second kappa shape index (κ2) is 8.53. The molecule has 7 heteroatoms.